The minimum absolute atomic E-state index is 0.151. The lowest BCUT2D eigenvalue weighted by Gasteiger charge is -2.10. The van der Waals surface area contributed by atoms with Gasteiger partial charge in [0.25, 0.3) is 0 Å². The van der Waals surface area contributed by atoms with Crippen LogP contribution in [0.5, 0.6) is 5.88 Å². The molecule has 90 valence electrons. The topological polar surface area (TPSA) is 35.0 Å². The Morgan fingerprint density at radius 3 is 2.75 bits per heavy atom. The van der Waals surface area contributed by atoms with Crippen molar-refractivity contribution in [3.8, 4) is 5.88 Å². The summed E-state index contributed by atoms with van der Waals surface area (Å²) in [5, 5.41) is 0. The Balaban J connectivity index is 2.59. The van der Waals surface area contributed by atoms with E-state index in [1.165, 1.54) is 6.42 Å². The molecular formula is C12H19BrN2O. The van der Waals surface area contributed by atoms with Gasteiger partial charge in [0.2, 0.25) is 5.88 Å². The van der Waals surface area contributed by atoms with Crippen LogP contribution in [0.3, 0.4) is 0 Å². The summed E-state index contributed by atoms with van der Waals surface area (Å²) in [5.74, 6) is 0.663. The minimum Gasteiger partial charge on any atom is -0.475 e. The average Bonchev–Trinajstić information content (AvgIpc) is 2.17. The fourth-order valence-electron chi connectivity index (χ4n) is 1.44. The van der Waals surface area contributed by atoms with Crippen molar-refractivity contribution in [2.45, 2.75) is 51.0 Å². The van der Waals surface area contributed by atoms with E-state index in [2.05, 4.69) is 32.8 Å². The number of hydrogen-bond donors (Lipinski definition) is 0. The summed E-state index contributed by atoms with van der Waals surface area (Å²) in [6, 6.07) is 1.92. The standard InChI is InChI=1S/C12H19BrN2O/c1-4-5-10(13)6-11-7-12(15-8-14-11)16-9(2)3/h7-10H,4-6H2,1-3H3. The van der Waals surface area contributed by atoms with E-state index in [9.17, 15) is 0 Å². The van der Waals surface area contributed by atoms with Crippen molar-refractivity contribution in [1.29, 1.82) is 0 Å². The number of alkyl halides is 1. The molecule has 0 aromatic carbocycles. The van der Waals surface area contributed by atoms with Gasteiger partial charge in [-0.15, -0.1) is 0 Å². The highest BCUT2D eigenvalue weighted by Gasteiger charge is 2.07. The van der Waals surface area contributed by atoms with Crippen LogP contribution in [0.4, 0.5) is 0 Å². The zero-order valence-corrected chi connectivity index (χ0v) is 11.7. The third-order valence-electron chi connectivity index (χ3n) is 2.09. The smallest absolute Gasteiger partial charge is 0.216 e. The molecule has 1 unspecified atom stereocenters. The molecule has 0 amide bonds. The third-order valence-corrected chi connectivity index (χ3v) is 2.87. The van der Waals surface area contributed by atoms with Crippen LogP contribution in [-0.4, -0.2) is 20.9 Å². The van der Waals surface area contributed by atoms with Crippen molar-refractivity contribution in [2.24, 2.45) is 0 Å². The normalized spacial score (nSPS) is 12.8. The minimum atomic E-state index is 0.151. The number of nitrogens with zero attached hydrogens (tertiary/aromatic N) is 2. The lowest BCUT2D eigenvalue weighted by molar-refractivity contribution is 0.232. The van der Waals surface area contributed by atoms with E-state index in [4.69, 9.17) is 4.74 Å². The molecule has 1 atom stereocenters. The van der Waals surface area contributed by atoms with Crippen molar-refractivity contribution in [3.63, 3.8) is 0 Å². The summed E-state index contributed by atoms with van der Waals surface area (Å²) >= 11 is 3.65. The van der Waals surface area contributed by atoms with Crippen LogP contribution in [0.1, 0.15) is 39.3 Å². The lowest BCUT2D eigenvalue weighted by atomic mass is 10.1. The Morgan fingerprint density at radius 2 is 2.12 bits per heavy atom. The van der Waals surface area contributed by atoms with Gasteiger partial charge in [0.15, 0.2) is 0 Å². The Morgan fingerprint density at radius 1 is 1.38 bits per heavy atom. The maximum Gasteiger partial charge on any atom is 0.216 e. The van der Waals surface area contributed by atoms with Crippen LogP contribution in [-0.2, 0) is 6.42 Å². The van der Waals surface area contributed by atoms with Crippen LogP contribution >= 0.6 is 15.9 Å². The van der Waals surface area contributed by atoms with Gasteiger partial charge in [-0.1, -0.05) is 29.3 Å². The van der Waals surface area contributed by atoms with E-state index in [0.29, 0.717) is 10.7 Å². The first-order valence-electron chi connectivity index (χ1n) is 5.73. The lowest BCUT2D eigenvalue weighted by Crippen LogP contribution is -2.09. The largest absolute Gasteiger partial charge is 0.475 e. The summed E-state index contributed by atoms with van der Waals surface area (Å²) in [5.41, 5.74) is 1.03. The number of hydrogen-bond acceptors (Lipinski definition) is 3. The maximum atomic E-state index is 5.53. The van der Waals surface area contributed by atoms with Gasteiger partial charge < -0.3 is 4.74 Å². The van der Waals surface area contributed by atoms with Crippen LogP contribution < -0.4 is 4.74 Å². The fraction of sp³-hybridized carbons (Fsp3) is 0.667. The molecule has 0 bridgehead atoms. The fourth-order valence-corrected chi connectivity index (χ4v) is 2.23. The second kappa shape index (κ2) is 6.84. The van der Waals surface area contributed by atoms with Crippen LogP contribution in [0, 0.1) is 0 Å². The van der Waals surface area contributed by atoms with Gasteiger partial charge in [0.05, 0.1) is 6.10 Å². The van der Waals surface area contributed by atoms with Crippen molar-refractivity contribution in [3.05, 3.63) is 18.1 Å². The first kappa shape index (κ1) is 13.4. The molecule has 1 aromatic heterocycles. The van der Waals surface area contributed by atoms with Gasteiger partial charge in [0, 0.05) is 23.0 Å². The molecule has 0 aliphatic rings. The maximum absolute atomic E-state index is 5.53. The second-order valence-corrected chi connectivity index (χ2v) is 5.40. The van der Waals surface area contributed by atoms with E-state index >= 15 is 0 Å². The van der Waals surface area contributed by atoms with Gasteiger partial charge in [-0.2, -0.15) is 0 Å². The summed E-state index contributed by atoms with van der Waals surface area (Å²) in [6.07, 6.45) is 4.97. The highest BCUT2D eigenvalue weighted by atomic mass is 79.9. The summed E-state index contributed by atoms with van der Waals surface area (Å²) in [7, 11) is 0. The molecule has 3 nitrogen and oxygen atoms in total. The van der Waals surface area contributed by atoms with Crippen LogP contribution in [0.15, 0.2) is 12.4 Å². The molecular weight excluding hydrogens is 268 g/mol. The van der Waals surface area contributed by atoms with Crippen LogP contribution in [0.25, 0.3) is 0 Å². The number of rotatable bonds is 6. The van der Waals surface area contributed by atoms with Crippen molar-refractivity contribution >= 4 is 15.9 Å². The van der Waals surface area contributed by atoms with Crippen molar-refractivity contribution < 1.29 is 4.74 Å². The Kier molecular flexibility index (Phi) is 5.74. The van der Waals surface area contributed by atoms with Gasteiger partial charge in [-0.05, 0) is 20.3 Å². The van der Waals surface area contributed by atoms with Crippen molar-refractivity contribution in [1.82, 2.24) is 9.97 Å². The first-order chi connectivity index (χ1) is 7.61. The molecule has 0 radical (unpaired) electrons. The number of aromatic nitrogens is 2. The highest BCUT2D eigenvalue weighted by Crippen LogP contribution is 2.16. The molecule has 0 saturated heterocycles. The van der Waals surface area contributed by atoms with Crippen LogP contribution in [0.2, 0.25) is 0 Å². The molecule has 1 rings (SSSR count). The Labute approximate surface area is 106 Å². The molecule has 4 heteroatoms. The highest BCUT2D eigenvalue weighted by molar-refractivity contribution is 9.09. The average molecular weight is 287 g/mol. The molecule has 0 aliphatic heterocycles. The van der Waals surface area contributed by atoms with Gasteiger partial charge in [-0.25, -0.2) is 9.97 Å². The quantitative estimate of drug-likeness (QED) is 0.752. The molecule has 0 N–H and O–H groups in total. The predicted octanol–water partition coefficient (Wildman–Crippen LogP) is 3.37. The molecule has 0 saturated carbocycles. The van der Waals surface area contributed by atoms with E-state index in [1.807, 2.05) is 19.9 Å². The van der Waals surface area contributed by atoms with Gasteiger partial charge >= 0.3 is 0 Å². The van der Waals surface area contributed by atoms with E-state index in [1.54, 1.807) is 6.33 Å². The third kappa shape index (κ3) is 4.92. The first-order valence-corrected chi connectivity index (χ1v) is 6.65. The summed E-state index contributed by atoms with van der Waals surface area (Å²) in [6.45, 7) is 6.17. The molecule has 16 heavy (non-hydrogen) atoms. The Hall–Kier alpha value is -0.640. The van der Waals surface area contributed by atoms with E-state index < -0.39 is 0 Å². The number of ether oxygens (including phenoxy) is 1. The van der Waals surface area contributed by atoms with Gasteiger partial charge in [0.1, 0.15) is 6.33 Å². The van der Waals surface area contributed by atoms with E-state index in [-0.39, 0.29) is 6.10 Å². The van der Waals surface area contributed by atoms with Crippen molar-refractivity contribution in [2.75, 3.05) is 0 Å². The van der Waals surface area contributed by atoms with E-state index in [0.717, 1.165) is 18.5 Å². The molecule has 1 heterocycles. The Bertz CT molecular complexity index is 318. The summed E-state index contributed by atoms with van der Waals surface area (Å²) in [4.78, 5) is 8.82. The molecule has 0 fully saturated rings. The SMILES string of the molecule is CCCC(Br)Cc1cc(OC(C)C)ncn1. The number of halogens is 1. The monoisotopic (exact) mass is 286 g/mol. The zero-order chi connectivity index (χ0) is 12.0. The zero-order valence-electron chi connectivity index (χ0n) is 10.1. The molecule has 1 aromatic rings. The second-order valence-electron chi connectivity index (χ2n) is 4.10. The molecule has 0 aliphatic carbocycles. The summed E-state index contributed by atoms with van der Waals surface area (Å²) < 4.78 is 5.53. The predicted molar refractivity (Wildman–Crippen MR) is 69.1 cm³/mol. The van der Waals surface area contributed by atoms with Gasteiger partial charge in [-0.3, -0.25) is 0 Å². The molecule has 0 spiro atoms.